The molecule has 0 bridgehead atoms. The topological polar surface area (TPSA) is 339 Å². The molecule has 6 aromatic rings. The lowest BCUT2D eigenvalue weighted by atomic mass is 10.00. The van der Waals surface area contributed by atoms with E-state index in [4.69, 9.17) is 28.8 Å². The molecule has 82 heavy (non-hydrogen) atoms. The second-order valence-corrected chi connectivity index (χ2v) is 23.2. The molecule has 0 aliphatic carbocycles. The Kier molecular flexibility index (Phi) is 22.7. The first-order valence-electron chi connectivity index (χ1n) is 26.8. The Bertz CT molecular complexity index is 3210. The van der Waals surface area contributed by atoms with Crippen LogP contribution in [0.5, 0.6) is 0 Å². The van der Waals surface area contributed by atoms with E-state index in [1.54, 1.807) is 48.8 Å². The number of hydrogen-bond acceptors (Lipinski definition) is 14. The van der Waals surface area contributed by atoms with E-state index in [9.17, 15) is 43.5 Å². The van der Waals surface area contributed by atoms with Crippen LogP contribution in [0.15, 0.2) is 122 Å². The number of aliphatic hydroxyl groups excluding tert-OH is 1. The molecule has 14 N–H and O–H groups in total. The molecule has 2 aromatic heterocycles. The van der Waals surface area contributed by atoms with Gasteiger partial charge in [-0.1, -0.05) is 112 Å². The number of halogens is 1. The zero-order chi connectivity index (χ0) is 58.9. The normalized spacial score (nSPS) is 20.9. The molecule has 3 heterocycles. The zero-order valence-electron chi connectivity index (χ0n) is 45.3. The highest BCUT2D eigenvalue weighted by Gasteiger charge is 2.38. The maximum Gasteiger partial charge on any atom is 0.246 e. The molecule has 1 saturated heterocycles. The number of aromatic amines is 1. The number of H-pyrrole nitrogens is 1. The van der Waals surface area contributed by atoms with Crippen LogP contribution in [0.25, 0.3) is 21.7 Å². The molecule has 21 nitrogen and oxygen atoms in total. The molecule has 24 heteroatoms. The maximum atomic E-state index is 14.9. The van der Waals surface area contributed by atoms with Crippen molar-refractivity contribution in [2.24, 2.45) is 17.2 Å². The number of primary amides is 1. The Morgan fingerprint density at radius 2 is 1.40 bits per heavy atom. The third-order valence-corrected chi connectivity index (χ3v) is 16.7. The van der Waals surface area contributed by atoms with E-state index in [2.05, 4.69) is 41.9 Å². The third kappa shape index (κ3) is 17.2. The van der Waals surface area contributed by atoms with E-state index in [0.717, 1.165) is 48.2 Å². The van der Waals surface area contributed by atoms with E-state index in [-0.39, 0.29) is 50.2 Å². The molecule has 434 valence electrons. The summed E-state index contributed by atoms with van der Waals surface area (Å²) in [6.07, 6.45) is 3.82. The highest BCUT2D eigenvalue weighted by molar-refractivity contribution is 8.76. The van der Waals surface area contributed by atoms with Crippen LogP contribution in [0.2, 0.25) is 5.02 Å². The lowest BCUT2D eigenvalue weighted by molar-refractivity contribution is -0.141. The van der Waals surface area contributed by atoms with Crippen molar-refractivity contribution < 1.29 is 43.5 Å². The number of likely N-dealkylation sites (N-methyl/N-ethyl adjacent to an activating group) is 1. The number of aliphatic hydroxyl groups is 1. The fourth-order valence-electron chi connectivity index (χ4n) is 9.45. The number of aromatic nitrogens is 2. The van der Waals surface area contributed by atoms with Crippen LogP contribution >= 0.6 is 33.2 Å². The van der Waals surface area contributed by atoms with E-state index in [1.807, 2.05) is 66.7 Å². The van der Waals surface area contributed by atoms with Gasteiger partial charge in [-0.05, 0) is 96.4 Å². The number of hydrogen-bond donors (Lipinski definition) is 11. The van der Waals surface area contributed by atoms with Gasteiger partial charge in [0.2, 0.25) is 47.3 Å². The van der Waals surface area contributed by atoms with Crippen molar-refractivity contribution >= 4 is 102 Å². The van der Waals surface area contributed by atoms with Gasteiger partial charge in [-0.15, -0.1) is 0 Å². The molecular weight excluding hydrogens is 1110 g/mol. The number of para-hydroxylation sites is 1. The minimum absolute atomic E-state index is 0.00761. The second-order valence-electron chi connectivity index (χ2n) is 20.2. The molecule has 7 rings (SSSR count). The van der Waals surface area contributed by atoms with E-state index >= 15 is 0 Å². The number of pyridine rings is 1. The monoisotopic (exact) mass is 1180 g/mol. The predicted octanol–water partition coefficient (Wildman–Crippen LogP) is 2.09. The van der Waals surface area contributed by atoms with Crippen LogP contribution in [0, 0.1) is 0 Å². The molecule has 8 amide bonds. The van der Waals surface area contributed by atoms with Crippen molar-refractivity contribution in [3.8, 4) is 0 Å². The number of amides is 8. The van der Waals surface area contributed by atoms with Crippen molar-refractivity contribution in [3.05, 3.63) is 149 Å². The lowest BCUT2D eigenvalue weighted by Gasteiger charge is -2.31. The smallest absolute Gasteiger partial charge is 0.246 e. The highest BCUT2D eigenvalue weighted by atomic mass is 35.5. The summed E-state index contributed by atoms with van der Waals surface area (Å²) in [5, 5.41) is 30.7. The summed E-state index contributed by atoms with van der Waals surface area (Å²) in [5.74, 6) is -7.02. The maximum absolute atomic E-state index is 14.9. The standard InChI is InChI=1S/C58H69ClN12O9S2/c1-33(72)50-57(79)69-48(58(80)71(2)49(51(62)73)27-35-16-19-37-11-3-4-12-38(37)24-35)32-82-81-31-47(68-52(74)42(61)25-34-17-20-40(59)21-18-34)56(78)66-45(26-36-10-9-23-63-29-36)54(76)67-46(28-39-30-64-43-14-6-5-13-41(39)43)55(77)65-44(53(75)70-50)15-7-8-22-60/h3-6,9-14,16-21,23-24,29-30,33,42,44-50,64,72H,7-8,15,22,25-28,31-32,60-61H2,1-2H3,(H2,62,73)(H,65,77)(H,66,78)(H,67,76)(H,68,74)(H,69,79)(H,70,75)/t33-,42+,44+,45+,46?,47?,48?,49+,50+/m1/s1. The molecule has 0 spiro atoms. The first-order valence-corrected chi connectivity index (χ1v) is 29.7. The van der Waals surface area contributed by atoms with Gasteiger partial charge >= 0.3 is 0 Å². The molecule has 9 atom stereocenters. The largest absolute Gasteiger partial charge is 0.391 e. The molecule has 4 aromatic carbocycles. The van der Waals surface area contributed by atoms with Gasteiger partial charge in [0, 0.05) is 72.3 Å². The van der Waals surface area contributed by atoms with Gasteiger partial charge in [0.25, 0.3) is 0 Å². The molecule has 0 radical (unpaired) electrons. The number of carbonyl (C=O) groups excluding carboxylic acids is 8. The average Bonchev–Trinajstić information content (AvgIpc) is 4.11. The van der Waals surface area contributed by atoms with Gasteiger partial charge in [-0.2, -0.15) is 0 Å². The lowest BCUT2D eigenvalue weighted by Crippen LogP contribution is -2.62. The van der Waals surface area contributed by atoms with Crippen LogP contribution in [-0.2, 0) is 64.0 Å². The Morgan fingerprint density at radius 3 is 2.11 bits per heavy atom. The average molecular weight is 1180 g/mol. The van der Waals surface area contributed by atoms with Gasteiger partial charge in [0.15, 0.2) is 0 Å². The minimum Gasteiger partial charge on any atom is -0.391 e. The Morgan fingerprint density at radius 1 is 0.744 bits per heavy atom. The van der Waals surface area contributed by atoms with Gasteiger partial charge in [0.05, 0.1) is 12.1 Å². The molecule has 3 unspecified atom stereocenters. The van der Waals surface area contributed by atoms with Crippen LogP contribution in [0.1, 0.15) is 48.4 Å². The number of unbranched alkanes of at least 4 members (excludes halogenated alkanes) is 1. The number of nitrogens with two attached hydrogens (primary N) is 3. The van der Waals surface area contributed by atoms with Gasteiger partial charge in [0.1, 0.15) is 42.3 Å². The van der Waals surface area contributed by atoms with Crippen molar-refractivity contribution in [3.63, 3.8) is 0 Å². The van der Waals surface area contributed by atoms with E-state index in [0.29, 0.717) is 40.1 Å². The number of rotatable bonds is 18. The zero-order valence-corrected chi connectivity index (χ0v) is 47.7. The van der Waals surface area contributed by atoms with Crippen LogP contribution < -0.4 is 49.1 Å². The van der Waals surface area contributed by atoms with Crippen LogP contribution in [0.4, 0.5) is 0 Å². The predicted molar refractivity (Wildman–Crippen MR) is 318 cm³/mol. The summed E-state index contributed by atoms with van der Waals surface area (Å²) < 4.78 is 0. The molecule has 1 aliphatic heterocycles. The summed E-state index contributed by atoms with van der Waals surface area (Å²) in [4.78, 5) is 124. The first-order chi connectivity index (χ1) is 39.4. The SMILES string of the molecule is C[C@@H](O)[C@@H]1NC(=O)[C@H](CCCCN)NC(=O)C(Cc2c[nH]c3ccccc23)NC(=O)[C@H](Cc2cccnc2)NC(=O)C(NC(=O)[C@@H](N)Cc2ccc(Cl)cc2)CSSCC(C(=O)N(C)[C@@H](Cc2ccc3ccccc3c2)C(N)=O)NC1=O. The number of nitrogens with one attached hydrogen (secondary N) is 7. The van der Waals surface area contributed by atoms with Crippen molar-refractivity contribution in [2.45, 2.75) is 106 Å². The molecule has 1 fully saturated rings. The number of fused-ring (bicyclic) bond motifs is 2. The summed E-state index contributed by atoms with van der Waals surface area (Å²) in [5.41, 5.74) is 21.6. The summed E-state index contributed by atoms with van der Waals surface area (Å²) in [6.45, 7) is 1.52. The van der Waals surface area contributed by atoms with Crippen molar-refractivity contribution in [2.75, 3.05) is 25.1 Å². The Hall–Kier alpha value is -7.54. The summed E-state index contributed by atoms with van der Waals surface area (Å²) in [7, 11) is 3.42. The number of benzene rings is 4. The van der Waals surface area contributed by atoms with Gasteiger partial charge in [-0.3, -0.25) is 43.3 Å². The summed E-state index contributed by atoms with van der Waals surface area (Å²) in [6, 6.07) is 19.5. The van der Waals surface area contributed by atoms with Gasteiger partial charge in [-0.25, -0.2) is 0 Å². The fourth-order valence-corrected chi connectivity index (χ4v) is 11.9. The van der Waals surface area contributed by atoms with E-state index < -0.39 is 102 Å². The fraction of sp³-hybridized carbons (Fsp3) is 0.362. The second kappa shape index (κ2) is 30.0. The van der Waals surface area contributed by atoms with Crippen LogP contribution in [-0.4, -0.2) is 147 Å². The molecule has 1 aliphatic rings. The Labute approximate surface area is 487 Å². The van der Waals surface area contributed by atoms with Crippen molar-refractivity contribution in [1.82, 2.24) is 46.8 Å². The first kappa shape index (κ1) is 62.1. The molecule has 0 saturated carbocycles. The van der Waals surface area contributed by atoms with Gasteiger partial charge < -0.3 is 64.1 Å². The Balaban J connectivity index is 1.26. The molecular formula is C58H69ClN12O9S2. The van der Waals surface area contributed by atoms with E-state index in [1.165, 1.54) is 20.2 Å². The van der Waals surface area contributed by atoms with Crippen LogP contribution in [0.3, 0.4) is 0 Å². The number of carbonyl (C=O) groups is 8. The number of nitrogens with zero attached hydrogens (tertiary/aromatic N) is 2. The third-order valence-electron chi connectivity index (χ3n) is 14.1. The quantitative estimate of drug-likeness (QED) is 0.0434. The highest BCUT2D eigenvalue weighted by Crippen LogP contribution is 2.26. The summed E-state index contributed by atoms with van der Waals surface area (Å²) >= 11 is 6.11. The van der Waals surface area contributed by atoms with Crippen molar-refractivity contribution in [1.29, 1.82) is 0 Å². The minimum atomic E-state index is -1.70.